The van der Waals surface area contributed by atoms with Crippen molar-refractivity contribution in [1.29, 1.82) is 0 Å². The summed E-state index contributed by atoms with van der Waals surface area (Å²) in [6.45, 7) is 4.23. The van der Waals surface area contributed by atoms with Crippen molar-refractivity contribution in [2.75, 3.05) is 45.9 Å². The minimum absolute atomic E-state index is 0.0240. The Labute approximate surface area is 133 Å². The van der Waals surface area contributed by atoms with Gasteiger partial charge in [0.05, 0.1) is 13.2 Å². The van der Waals surface area contributed by atoms with E-state index in [-0.39, 0.29) is 6.54 Å². The number of nitrogens with one attached hydrogen (secondary N) is 2. The van der Waals surface area contributed by atoms with E-state index in [1.807, 2.05) is 11.4 Å². The van der Waals surface area contributed by atoms with Crippen LogP contribution in [0.4, 0.5) is 0 Å². The van der Waals surface area contributed by atoms with Crippen molar-refractivity contribution >= 4 is 23.2 Å². The normalized spacial score (nSPS) is 17.0. The third-order valence-corrected chi connectivity index (χ3v) is 4.32. The quantitative estimate of drug-likeness (QED) is 0.604. The van der Waals surface area contributed by atoms with Gasteiger partial charge in [-0.1, -0.05) is 6.07 Å². The Morgan fingerprint density at radius 3 is 2.73 bits per heavy atom. The van der Waals surface area contributed by atoms with Gasteiger partial charge in [0.2, 0.25) is 0 Å². The van der Waals surface area contributed by atoms with E-state index in [9.17, 15) is 14.7 Å². The molecule has 122 valence electrons. The molecular formula is C14H21N3O4S. The number of carbonyl (C=O) groups excluding carboxylic acids is 2. The highest BCUT2D eigenvalue weighted by atomic mass is 32.1. The number of amides is 2. The molecule has 7 nitrogen and oxygen atoms in total. The maximum absolute atomic E-state index is 11.6. The molecular weight excluding hydrogens is 306 g/mol. The predicted molar refractivity (Wildman–Crippen MR) is 82.6 cm³/mol. The van der Waals surface area contributed by atoms with Crippen LogP contribution in [0.2, 0.25) is 0 Å². The van der Waals surface area contributed by atoms with Gasteiger partial charge < -0.3 is 20.5 Å². The molecule has 2 rings (SSSR count). The van der Waals surface area contributed by atoms with E-state index in [4.69, 9.17) is 4.74 Å². The van der Waals surface area contributed by atoms with Gasteiger partial charge in [0.25, 0.3) is 0 Å². The number of aliphatic hydroxyl groups is 1. The summed E-state index contributed by atoms with van der Waals surface area (Å²) in [5.74, 6) is -1.40. The van der Waals surface area contributed by atoms with Crippen molar-refractivity contribution in [3.05, 3.63) is 22.4 Å². The maximum atomic E-state index is 11.6. The molecule has 0 radical (unpaired) electrons. The molecule has 1 unspecified atom stereocenters. The van der Waals surface area contributed by atoms with Crippen LogP contribution in [0.1, 0.15) is 11.0 Å². The number of rotatable bonds is 6. The molecule has 2 heterocycles. The summed E-state index contributed by atoms with van der Waals surface area (Å²) >= 11 is 1.40. The lowest BCUT2D eigenvalue weighted by molar-refractivity contribution is -0.139. The SMILES string of the molecule is O=C(NCCN1CCOCC1)C(=O)NCC(O)c1cccs1. The molecule has 0 aliphatic carbocycles. The number of morpholine rings is 1. The zero-order valence-electron chi connectivity index (χ0n) is 12.3. The van der Waals surface area contributed by atoms with Gasteiger partial charge in [-0.15, -0.1) is 11.3 Å². The first kappa shape index (κ1) is 16.9. The molecule has 1 aromatic heterocycles. The lowest BCUT2D eigenvalue weighted by Gasteiger charge is -2.26. The standard InChI is InChI=1S/C14H21N3O4S/c18-11(12-2-1-9-22-12)10-16-14(20)13(19)15-3-4-17-5-7-21-8-6-17/h1-2,9,11,18H,3-8,10H2,(H,15,19)(H,16,20). The fourth-order valence-corrected chi connectivity index (χ4v) is 2.80. The van der Waals surface area contributed by atoms with E-state index in [2.05, 4.69) is 15.5 Å². The molecule has 1 aromatic rings. The van der Waals surface area contributed by atoms with Gasteiger partial charge in [0, 0.05) is 37.6 Å². The van der Waals surface area contributed by atoms with Crippen molar-refractivity contribution in [1.82, 2.24) is 15.5 Å². The van der Waals surface area contributed by atoms with E-state index in [0.717, 1.165) is 18.0 Å². The van der Waals surface area contributed by atoms with Gasteiger partial charge in [-0.05, 0) is 11.4 Å². The van der Waals surface area contributed by atoms with Crippen molar-refractivity contribution in [3.8, 4) is 0 Å². The molecule has 0 bridgehead atoms. The third kappa shape index (κ3) is 5.38. The average Bonchev–Trinajstić information content (AvgIpc) is 3.07. The zero-order valence-corrected chi connectivity index (χ0v) is 13.1. The molecule has 1 fully saturated rings. The second kappa shape index (κ2) is 8.84. The Kier molecular flexibility index (Phi) is 6.78. The molecule has 22 heavy (non-hydrogen) atoms. The smallest absolute Gasteiger partial charge is 0.309 e. The summed E-state index contributed by atoms with van der Waals surface area (Å²) in [4.78, 5) is 26.2. The van der Waals surface area contributed by atoms with Gasteiger partial charge >= 0.3 is 11.8 Å². The number of thiophene rings is 1. The van der Waals surface area contributed by atoms with E-state index in [1.54, 1.807) is 6.07 Å². The average molecular weight is 327 g/mol. The molecule has 1 aliphatic heterocycles. The van der Waals surface area contributed by atoms with Crippen LogP contribution in [-0.4, -0.2) is 67.8 Å². The van der Waals surface area contributed by atoms with Gasteiger partial charge in [-0.2, -0.15) is 0 Å². The van der Waals surface area contributed by atoms with E-state index < -0.39 is 17.9 Å². The summed E-state index contributed by atoms with van der Waals surface area (Å²) in [7, 11) is 0. The zero-order chi connectivity index (χ0) is 15.8. The van der Waals surface area contributed by atoms with Gasteiger partial charge in [-0.3, -0.25) is 14.5 Å². The molecule has 0 spiro atoms. The van der Waals surface area contributed by atoms with Crippen molar-refractivity contribution in [2.45, 2.75) is 6.10 Å². The summed E-state index contributed by atoms with van der Waals surface area (Å²) in [5.41, 5.74) is 0. The molecule has 3 N–H and O–H groups in total. The topological polar surface area (TPSA) is 90.9 Å². The monoisotopic (exact) mass is 327 g/mol. The minimum atomic E-state index is -0.787. The van der Waals surface area contributed by atoms with E-state index >= 15 is 0 Å². The lowest BCUT2D eigenvalue weighted by Crippen LogP contribution is -2.45. The molecule has 1 saturated heterocycles. The fourth-order valence-electron chi connectivity index (χ4n) is 2.08. The number of hydrogen-bond donors (Lipinski definition) is 3. The van der Waals surface area contributed by atoms with Gasteiger partial charge in [0.15, 0.2) is 0 Å². The first-order chi connectivity index (χ1) is 10.7. The van der Waals surface area contributed by atoms with Crippen LogP contribution >= 0.6 is 11.3 Å². The number of hydrogen-bond acceptors (Lipinski definition) is 6. The molecule has 0 aromatic carbocycles. The summed E-state index contributed by atoms with van der Waals surface area (Å²) in [5, 5.41) is 16.7. The van der Waals surface area contributed by atoms with Crippen LogP contribution in [0, 0.1) is 0 Å². The molecule has 1 aliphatic rings. The number of aliphatic hydroxyl groups excluding tert-OH is 1. The van der Waals surface area contributed by atoms with Crippen LogP contribution < -0.4 is 10.6 Å². The lowest BCUT2D eigenvalue weighted by atomic mass is 10.3. The Balaban J connectivity index is 1.61. The van der Waals surface area contributed by atoms with E-state index in [0.29, 0.717) is 26.3 Å². The Morgan fingerprint density at radius 2 is 2.05 bits per heavy atom. The second-order valence-electron chi connectivity index (χ2n) is 4.95. The van der Waals surface area contributed by atoms with Crippen molar-refractivity contribution in [2.24, 2.45) is 0 Å². The molecule has 8 heteroatoms. The maximum Gasteiger partial charge on any atom is 0.309 e. The largest absolute Gasteiger partial charge is 0.386 e. The highest BCUT2D eigenvalue weighted by molar-refractivity contribution is 7.10. The Bertz CT molecular complexity index is 474. The number of carbonyl (C=O) groups is 2. The molecule has 0 saturated carbocycles. The fraction of sp³-hybridized carbons (Fsp3) is 0.571. The van der Waals surface area contributed by atoms with Gasteiger partial charge in [0.1, 0.15) is 6.10 Å². The third-order valence-electron chi connectivity index (χ3n) is 3.35. The Hall–Kier alpha value is -1.48. The van der Waals surface area contributed by atoms with Crippen LogP contribution in [0.3, 0.4) is 0 Å². The van der Waals surface area contributed by atoms with Crippen molar-refractivity contribution < 1.29 is 19.4 Å². The first-order valence-electron chi connectivity index (χ1n) is 7.24. The van der Waals surface area contributed by atoms with Crippen LogP contribution in [-0.2, 0) is 14.3 Å². The molecule has 1 atom stereocenters. The van der Waals surface area contributed by atoms with Crippen LogP contribution in [0.15, 0.2) is 17.5 Å². The van der Waals surface area contributed by atoms with Crippen molar-refractivity contribution in [3.63, 3.8) is 0 Å². The highest BCUT2D eigenvalue weighted by Crippen LogP contribution is 2.17. The second-order valence-corrected chi connectivity index (χ2v) is 5.93. The summed E-state index contributed by atoms with van der Waals surface area (Å²) in [6.07, 6.45) is -0.787. The van der Waals surface area contributed by atoms with Crippen LogP contribution in [0.5, 0.6) is 0 Å². The van der Waals surface area contributed by atoms with E-state index in [1.165, 1.54) is 11.3 Å². The number of nitrogens with zero attached hydrogens (tertiary/aromatic N) is 1. The minimum Gasteiger partial charge on any atom is -0.386 e. The first-order valence-corrected chi connectivity index (χ1v) is 8.12. The summed E-state index contributed by atoms with van der Waals surface area (Å²) in [6, 6.07) is 3.60. The highest BCUT2D eigenvalue weighted by Gasteiger charge is 2.16. The van der Waals surface area contributed by atoms with Gasteiger partial charge in [-0.25, -0.2) is 0 Å². The summed E-state index contributed by atoms with van der Waals surface area (Å²) < 4.78 is 5.23. The number of ether oxygens (including phenoxy) is 1. The molecule has 2 amide bonds. The van der Waals surface area contributed by atoms with Crippen LogP contribution in [0.25, 0.3) is 0 Å². The predicted octanol–water partition coefficient (Wildman–Crippen LogP) is -0.654. The Morgan fingerprint density at radius 1 is 1.32 bits per heavy atom.